The monoisotopic (exact) mass is 392 g/mol. The second-order valence-corrected chi connectivity index (χ2v) is 7.95. The average Bonchev–Trinajstić information content (AvgIpc) is 2.61. The lowest BCUT2D eigenvalue weighted by molar-refractivity contribution is -0.115. The second-order valence-electron chi connectivity index (χ2n) is 6.22. The summed E-state index contributed by atoms with van der Waals surface area (Å²) >= 11 is 0. The molecule has 0 saturated heterocycles. The Balaban J connectivity index is 1.99. The predicted octanol–water partition coefficient (Wildman–Crippen LogP) is 2.71. The van der Waals surface area contributed by atoms with Crippen LogP contribution in [0.2, 0.25) is 0 Å². The van der Waals surface area contributed by atoms with Crippen molar-refractivity contribution in [3.05, 3.63) is 48.0 Å². The molecule has 0 aliphatic heterocycles. The topological polar surface area (TPSA) is 93.7 Å². The normalized spacial score (nSPS) is 11.3. The standard InChI is InChI=1S/C19H24N2O5S/c1-13(2)26-16-8-6-15(7-9-16)21-19(22)12-20-27(23,24)18-11-14(3)5-10-17(18)25-4/h5-11,13,20H,12H2,1-4H3,(H,21,22). The van der Waals surface area contributed by atoms with Gasteiger partial charge < -0.3 is 14.8 Å². The molecule has 0 bridgehead atoms. The molecule has 0 aromatic heterocycles. The summed E-state index contributed by atoms with van der Waals surface area (Å²) in [6.07, 6.45) is 0.0541. The molecular formula is C19H24N2O5S. The number of anilines is 1. The van der Waals surface area contributed by atoms with E-state index < -0.39 is 22.5 Å². The van der Waals surface area contributed by atoms with Crippen LogP contribution in [0.15, 0.2) is 47.4 Å². The van der Waals surface area contributed by atoms with Gasteiger partial charge in [-0.1, -0.05) is 6.07 Å². The summed E-state index contributed by atoms with van der Waals surface area (Å²) in [5.41, 5.74) is 1.31. The van der Waals surface area contributed by atoms with E-state index in [4.69, 9.17) is 9.47 Å². The SMILES string of the molecule is COc1ccc(C)cc1S(=O)(=O)NCC(=O)Nc1ccc(OC(C)C)cc1. The smallest absolute Gasteiger partial charge is 0.244 e. The number of benzene rings is 2. The first-order valence-electron chi connectivity index (χ1n) is 8.42. The molecule has 0 atom stereocenters. The summed E-state index contributed by atoms with van der Waals surface area (Å²) < 4.78 is 37.9. The van der Waals surface area contributed by atoms with Crippen LogP contribution in [-0.4, -0.2) is 34.1 Å². The van der Waals surface area contributed by atoms with Gasteiger partial charge in [0, 0.05) is 5.69 Å². The van der Waals surface area contributed by atoms with Crippen LogP contribution in [0, 0.1) is 6.92 Å². The van der Waals surface area contributed by atoms with Crippen LogP contribution in [0.4, 0.5) is 5.69 Å². The fourth-order valence-corrected chi connectivity index (χ4v) is 3.56. The maximum atomic E-state index is 12.5. The number of rotatable bonds is 8. The van der Waals surface area contributed by atoms with E-state index in [-0.39, 0.29) is 16.7 Å². The van der Waals surface area contributed by atoms with Crippen molar-refractivity contribution in [1.82, 2.24) is 4.72 Å². The molecule has 0 saturated carbocycles. The van der Waals surface area contributed by atoms with Gasteiger partial charge in [-0.05, 0) is 62.7 Å². The van der Waals surface area contributed by atoms with Gasteiger partial charge in [-0.3, -0.25) is 4.79 Å². The zero-order valence-electron chi connectivity index (χ0n) is 15.8. The largest absolute Gasteiger partial charge is 0.495 e. The predicted molar refractivity (Wildman–Crippen MR) is 104 cm³/mol. The molecule has 1 amide bonds. The molecule has 2 rings (SSSR count). The van der Waals surface area contributed by atoms with Crippen LogP contribution in [0.1, 0.15) is 19.4 Å². The van der Waals surface area contributed by atoms with E-state index in [9.17, 15) is 13.2 Å². The summed E-state index contributed by atoms with van der Waals surface area (Å²) in [5, 5.41) is 2.63. The number of ether oxygens (including phenoxy) is 2. The minimum Gasteiger partial charge on any atom is -0.495 e. The highest BCUT2D eigenvalue weighted by molar-refractivity contribution is 7.89. The van der Waals surface area contributed by atoms with Crippen molar-refractivity contribution in [3.8, 4) is 11.5 Å². The van der Waals surface area contributed by atoms with Gasteiger partial charge in [-0.15, -0.1) is 0 Å². The van der Waals surface area contributed by atoms with Crippen molar-refractivity contribution in [1.29, 1.82) is 0 Å². The Morgan fingerprint density at radius 3 is 2.37 bits per heavy atom. The van der Waals surface area contributed by atoms with Crippen molar-refractivity contribution < 1.29 is 22.7 Å². The molecule has 0 radical (unpaired) electrons. The number of hydrogen-bond acceptors (Lipinski definition) is 5. The molecule has 8 heteroatoms. The summed E-state index contributed by atoms with van der Waals surface area (Å²) in [7, 11) is -2.50. The van der Waals surface area contributed by atoms with E-state index in [1.807, 2.05) is 13.8 Å². The van der Waals surface area contributed by atoms with Crippen LogP contribution >= 0.6 is 0 Å². The van der Waals surface area contributed by atoms with Gasteiger partial charge in [0.2, 0.25) is 15.9 Å². The Bertz CT molecular complexity index is 893. The minimum atomic E-state index is -3.89. The molecule has 146 valence electrons. The first-order chi connectivity index (χ1) is 12.7. The number of amides is 1. The van der Waals surface area contributed by atoms with Gasteiger partial charge in [0.15, 0.2) is 0 Å². The summed E-state index contributed by atoms with van der Waals surface area (Å²) in [4.78, 5) is 12.1. The molecule has 2 aromatic rings. The highest BCUT2D eigenvalue weighted by atomic mass is 32.2. The lowest BCUT2D eigenvalue weighted by Crippen LogP contribution is -2.33. The number of aryl methyl sites for hydroxylation is 1. The van der Waals surface area contributed by atoms with Gasteiger partial charge in [-0.2, -0.15) is 0 Å². The number of methoxy groups -OCH3 is 1. The third kappa shape index (κ3) is 5.97. The highest BCUT2D eigenvalue weighted by Crippen LogP contribution is 2.24. The van der Waals surface area contributed by atoms with Crippen molar-refractivity contribution in [2.45, 2.75) is 31.8 Å². The van der Waals surface area contributed by atoms with Crippen molar-refractivity contribution in [2.75, 3.05) is 19.0 Å². The minimum absolute atomic E-state index is 0.00649. The van der Waals surface area contributed by atoms with Crippen LogP contribution in [0.25, 0.3) is 0 Å². The number of nitrogens with one attached hydrogen (secondary N) is 2. The van der Waals surface area contributed by atoms with Gasteiger partial charge in [0.05, 0.1) is 19.8 Å². The molecule has 2 N–H and O–H groups in total. The summed E-state index contributed by atoms with van der Waals surface area (Å²) in [5.74, 6) is 0.423. The molecule has 0 heterocycles. The van der Waals surface area contributed by atoms with E-state index in [0.29, 0.717) is 11.4 Å². The first kappa shape index (κ1) is 20.7. The Kier molecular flexibility index (Phi) is 6.81. The number of hydrogen-bond donors (Lipinski definition) is 2. The van der Waals surface area contributed by atoms with Crippen LogP contribution in [-0.2, 0) is 14.8 Å². The maximum Gasteiger partial charge on any atom is 0.244 e. The zero-order valence-corrected chi connectivity index (χ0v) is 16.6. The summed E-state index contributed by atoms with van der Waals surface area (Å²) in [6.45, 7) is 5.22. The van der Waals surface area contributed by atoms with Crippen molar-refractivity contribution in [2.24, 2.45) is 0 Å². The number of carbonyl (C=O) groups excluding carboxylic acids is 1. The molecule has 0 unspecified atom stereocenters. The lowest BCUT2D eigenvalue weighted by Gasteiger charge is -2.12. The molecule has 0 fully saturated rings. The van der Waals surface area contributed by atoms with Gasteiger partial charge >= 0.3 is 0 Å². The quantitative estimate of drug-likeness (QED) is 0.720. The third-order valence-corrected chi connectivity index (χ3v) is 4.96. The number of sulfonamides is 1. The maximum absolute atomic E-state index is 12.5. The van der Waals surface area contributed by atoms with Crippen molar-refractivity contribution >= 4 is 21.6 Å². The van der Waals surface area contributed by atoms with Gasteiger partial charge in [0.1, 0.15) is 16.4 Å². The summed E-state index contributed by atoms with van der Waals surface area (Å²) in [6, 6.07) is 11.7. The molecule has 27 heavy (non-hydrogen) atoms. The van der Waals surface area contributed by atoms with E-state index in [2.05, 4.69) is 10.0 Å². The fourth-order valence-electron chi connectivity index (χ4n) is 2.33. The lowest BCUT2D eigenvalue weighted by atomic mass is 10.2. The van der Waals surface area contributed by atoms with E-state index in [0.717, 1.165) is 5.56 Å². The number of carbonyl (C=O) groups is 1. The van der Waals surface area contributed by atoms with E-state index in [1.165, 1.54) is 13.2 Å². The molecule has 7 nitrogen and oxygen atoms in total. The fraction of sp³-hybridized carbons (Fsp3) is 0.316. The highest BCUT2D eigenvalue weighted by Gasteiger charge is 2.20. The van der Waals surface area contributed by atoms with Gasteiger partial charge in [0.25, 0.3) is 0 Å². The first-order valence-corrected chi connectivity index (χ1v) is 9.90. The van der Waals surface area contributed by atoms with E-state index >= 15 is 0 Å². The Hall–Kier alpha value is -2.58. The van der Waals surface area contributed by atoms with Gasteiger partial charge in [-0.25, -0.2) is 13.1 Å². The Morgan fingerprint density at radius 2 is 1.78 bits per heavy atom. The average molecular weight is 392 g/mol. The zero-order chi connectivity index (χ0) is 20.0. The van der Waals surface area contributed by atoms with Crippen LogP contribution in [0.5, 0.6) is 11.5 Å². The van der Waals surface area contributed by atoms with Crippen LogP contribution < -0.4 is 19.5 Å². The molecular weight excluding hydrogens is 368 g/mol. The second kappa shape index (κ2) is 8.88. The van der Waals surface area contributed by atoms with E-state index in [1.54, 1.807) is 43.3 Å². The molecule has 2 aromatic carbocycles. The Morgan fingerprint density at radius 1 is 1.11 bits per heavy atom. The molecule has 0 aliphatic carbocycles. The molecule has 0 aliphatic rings. The molecule has 0 spiro atoms. The van der Waals surface area contributed by atoms with Crippen molar-refractivity contribution in [3.63, 3.8) is 0 Å². The third-order valence-electron chi connectivity index (χ3n) is 3.54. The Labute approximate surface area is 159 Å². The van der Waals surface area contributed by atoms with Crippen LogP contribution in [0.3, 0.4) is 0 Å².